The molecule has 0 bridgehead atoms. The Bertz CT molecular complexity index is 510. The zero-order valence-electron chi connectivity index (χ0n) is 13.0. The highest BCUT2D eigenvalue weighted by Crippen LogP contribution is 2.49. The molecule has 20 heavy (non-hydrogen) atoms. The highest BCUT2D eigenvalue weighted by atomic mass is 32.1. The Morgan fingerprint density at radius 1 is 1.15 bits per heavy atom. The first kappa shape index (κ1) is 14.3. The molecule has 1 atom stereocenters. The van der Waals surface area contributed by atoms with E-state index in [1.165, 1.54) is 32.1 Å². The van der Waals surface area contributed by atoms with E-state index in [-0.39, 0.29) is 0 Å². The van der Waals surface area contributed by atoms with Gasteiger partial charge in [-0.05, 0) is 46.3 Å². The van der Waals surface area contributed by atoms with Gasteiger partial charge in [0.1, 0.15) is 0 Å². The minimum atomic E-state index is -1.11. The maximum atomic E-state index is 2.62. The highest BCUT2D eigenvalue weighted by Gasteiger charge is 2.39. The van der Waals surface area contributed by atoms with Gasteiger partial charge in [-0.3, -0.25) is 0 Å². The summed E-state index contributed by atoms with van der Waals surface area (Å²) in [6.07, 6.45) is 14.5. The van der Waals surface area contributed by atoms with Gasteiger partial charge in [0.15, 0.2) is 0 Å². The normalized spacial score (nSPS) is 25.8. The van der Waals surface area contributed by atoms with Crippen LogP contribution in [0.2, 0.25) is 25.2 Å². The summed E-state index contributed by atoms with van der Waals surface area (Å²) in [6, 6.07) is 2.37. The minimum absolute atomic E-state index is 0.336. The van der Waals surface area contributed by atoms with E-state index in [4.69, 9.17) is 0 Å². The monoisotopic (exact) mass is 302 g/mol. The van der Waals surface area contributed by atoms with Crippen LogP contribution in [0.4, 0.5) is 0 Å². The Hall–Kier alpha value is -0.603. The number of allylic oxidation sites excluding steroid dienone is 4. The zero-order chi connectivity index (χ0) is 14.2. The summed E-state index contributed by atoms with van der Waals surface area (Å²) in [4.78, 5) is 0. The molecule has 2 aliphatic carbocycles. The predicted molar refractivity (Wildman–Crippen MR) is 93.4 cm³/mol. The van der Waals surface area contributed by atoms with E-state index in [1.54, 1.807) is 11.1 Å². The highest BCUT2D eigenvalue weighted by molar-refractivity contribution is 7.08. The lowest BCUT2D eigenvalue weighted by Crippen LogP contribution is -2.30. The third-order valence-electron chi connectivity index (χ3n) is 5.18. The van der Waals surface area contributed by atoms with Crippen molar-refractivity contribution in [3.8, 4) is 0 Å². The molecule has 1 aromatic rings. The van der Waals surface area contributed by atoms with E-state index < -0.39 is 8.07 Å². The molecule has 1 saturated carbocycles. The van der Waals surface area contributed by atoms with Gasteiger partial charge in [0, 0.05) is 5.41 Å². The largest absolute Gasteiger partial charge is 0.152 e. The van der Waals surface area contributed by atoms with Crippen LogP contribution in [0.3, 0.4) is 0 Å². The second-order valence-electron chi connectivity index (χ2n) is 7.53. The number of rotatable bonds is 3. The first-order valence-corrected chi connectivity index (χ1v) is 12.5. The molecule has 0 spiro atoms. The van der Waals surface area contributed by atoms with E-state index in [2.05, 4.69) is 54.7 Å². The van der Waals surface area contributed by atoms with Crippen molar-refractivity contribution in [1.29, 1.82) is 0 Å². The average molecular weight is 303 g/mol. The average Bonchev–Trinajstić information content (AvgIpc) is 3.11. The lowest BCUT2D eigenvalue weighted by molar-refractivity contribution is 0.346. The van der Waals surface area contributed by atoms with E-state index in [0.29, 0.717) is 5.41 Å². The summed E-state index contributed by atoms with van der Waals surface area (Å²) >= 11 is 1.85. The number of thiophene rings is 1. The topological polar surface area (TPSA) is 0 Å². The van der Waals surface area contributed by atoms with Gasteiger partial charge in [0.05, 0.1) is 8.07 Å². The first-order chi connectivity index (χ1) is 9.52. The predicted octanol–water partition coefficient (Wildman–Crippen LogP) is 6.15. The Balaban J connectivity index is 1.98. The molecule has 0 radical (unpaired) electrons. The molecule has 0 nitrogen and oxygen atoms in total. The van der Waals surface area contributed by atoms with Crippen LogP contribution in [-0.4, -0.2) is 8.07 Å². The van der Waals surface area contributed by atoms with E-state index >= 15 is 0 Å². The van der Waals surface area contributed by atoms with Crippen LogP contribution in [-0.2, 0) is 5.41 Å². The quantitative estimate of drug-likeness (QED) is 0.587. The van der Waals surface area contributed by atoms with Gasteiger partial charge >= 0.3 is 0 Å². The third-order valence-corrected chi connectivity index (χ3v) is 8.22. The fourth-order valence-electron chi connectivity index (χ4n) is 3.81. The summed E-state index contributed by atoms with van der Waals surface area (Å²) < 4.78 is 0. The van der Waals surface area contributed by atoms with Crippen molar-refractivity contribution in [2.75, 3.05) is 0 Å². The van der Waals surface area contributed by atoms with Crippen LogP contribution < -0.4 is 0 Å². The molecule has 2 heteroatoms. The second-order valence-corrected chi connectivity index (χ2v) is 13.7. The summed E-state index contributed by atoms with van der Waals surface area (Å²) in [5, 5.41) is 4.64. The second kappa shape index (κ2) is 5.30. The van der Waals surface area contributed by atoms with E-state index in [1.807, 2.05) is 11.3 Å². The summed E-state index contributed by atoms with van der Waals surface area (Å²) in [5.41, 5.74) is 4.27. The Morgan fingerprint density at radius 2 is 1.90 bits per heavy atom. The number of hydrogen-bond donors (Lipinski definition) is 0. The Morgan fingerprint density at radius 3 is 2.45 bits per heavy atom. The van der Waals surface area contributed by atoms with Crippen molar-refractivity contribution in [3.63, 3.8) is 0 Å². The maximum Gasteiger partial charge on any atom is 0.0558 e. The van der Waals surface area contributed by atoms with Crippen molar-refractivity contribution >= 4 is 19.4 Å². The van der Waals surface area contributed by atoms with Crippen molar-refractivity contribution in [3.05, 3.63) is 46.2 Å². The number of hydrogen-bond acceptors (Lipinski definition) is 1. The third kappa shape index (κ3) is 2.48. The molecule has 1 fully saturated rings. The molecule has 108 valence electrons. The van der Waals surface area contributed by atoms with Crippen LogP contribution in [0.15, 0.2) is 40.6 Å². The summed E-state index contributed by atoms with van der Waals surface area (Å²) in [7, 11) is -1.11. The zero-order valence-corrected chi connectivity index (χ0v) is 14.8. The molecular weight excluding hydrogens is 276 g/mol. The van der Waals surface area contributed by atoms with Gasteiger partial charge in [0.2, 0.25) is 0 Å². The van der Waals surface area contributed by atoms with Crippen LogP contribution in [0, 0.1) is 0 Å². The molecule has 0 aromatic carbocycles. The van der Waals surface area contributed by atoms with Crippen LogP contribution in [0.1, 0.15) is 37.7 Å². The van der Waals surface area contributed by atoms with Gasteiger partial charge in [-0.25, -0.2) is 0 Å². The fraction of sp³-hybridized carbons (Fsp3) is 0.556. The molecule has 0 amide bonds. The van der Waals surface area contributed by atoms with Crippen LogP contribution in [0.25, 0.3) is 0 Å². The lowest BCUT2D eigenvalue weighted by atomic mass is 9.66. The van der Waals surface area contributed by atoms with Gasteiger partial charge in [-0.1, -0.05) is 57.1 Å². The van der Waals surface area contributed by atoms with Gasteiger partial charge in [-0.2, -0.15) is 11.3 Å². The molecule has 0 saturated heterocycles. The van der Waals surface area contributed by atoms with Crippen molar-refractivity contribution in [1.82, 2.24) is 0 Å². The van der Waals surface area contributed by atoms with Gasteiger partial charge < -0.3 is 0 Å². The molecule has 3 rings (SSSR count). The molecule has 1 aromatic heterocycles. The lowest BCUT2D eigenvalue weighted by Gasteiger charge is -2.38. The maximum absolute atomic E-state index is 2.62. The molecule has 1 unspecified atom stereocenters. The Kier molecular flexibility index (Phi) is 3.80. The molecule has 0 N–H and O–H groups in total. The standard InChI is InChI=1S/C18H26SSi/c1-20(2,3)17-8-7-15(13-17)18(10-5-4-6-11-18)16-9-12-19-14-16/h7-9,12-14,17H,4-6,10-11H2,1-3H3. The molecule has 2 aliphatic rings. The van der Waals surface area contributed by atoms with E-state index in [9.17, 15) is 0 Å². The minimum Gasteiger partial charge on any atom is -0.152 e. The van der Waals surface area contributed by atoms with Crippen molar-refractivity contribution in [2.24, 2.45) is 0 Å². The summed E-state index contributed by atoms with van der Waals surface area (Å²) in [5.74, 6) is 0. The van der Waals surface area contributed by atoms with Gasteiger partial charge in [0.25, 0.3) is 0 Å². The van der Waals surface area contributed by atoms with E-state index in [0.717, 1.165) is 5.54 Å². The fourth-order valence-corrected chi connectivity index (χ4v) is 5.91. The SMILES string of the molecule is C[Si](C)(C)C1C=CC(C2(c3ccsc3)CCCCC2)=C1. The van der Waals surface area contributed by atoms with Crippen LogP contribution in [0.5, 0.6) is 0 Å². The molecule has 1 heterocycles. The summed E-state index contributed by atoms with van der Waals surface area (Å²) in [6.45, 7) is 7.46. The van der Waals surface area contributed by atoms with Gasteiger partial charge in [-0.15, -0.1) is 0 Å². The van der Waals surface area contributed by atoms with Crippen molar-refractivity contribution in [2.45, 2.75) is 62.7 Å². The van der Waals surface area contributed by atoms with Crippen LogP contribution >= 0.6 is 11.3 Å². The Labute approximate surface area is 128 Å². The molecule has 0 aliphatic heterocycles. The molecular formula is C18H26SSi. The van der Waals surface area contributed by atoms with Crippen molar-refractivity contribution < 1.29 is 0 Å². The smallest absolute Gasteiger partial charge is 0.0558 e. The first-order valence-electron chi connectivity index (χ1n) is 7.96.